The molecule has 1 atom stereocenters. The smallest absolute Gasteiger partial charge is 0.251 e. The standard InChI is InChI=1S/C27H31N3O5S2/c1-21(23-12-14-25(15-13-23)36(2,32)33)28-27(31)24-10-8-22(9-11-24)20-29-16-18-30(19-17-29)37(34,35)26-6-4-3-5-7-26/h3-15,21H,16-20H2,1-2H3,(H,28,31)/t21-/m0/s1. The van der Waals surface area contributed by atoms with Gasteiger partial charge < -0.3 is 5.32 Å². The number of carbonyl (C=O) groups excluding carboxylic acids is 1. The van der Waals surface area contributed by atoms with Crippen molar-refractivity contribution in [1.82, 2.24) is 14.5 Å². The van der Waals surface area contributed by atoms with Crippen LogP contribution in [-0.2, 0) is 26.4 Å². The fraction of sp³-hybridized carbons (Fsp3) is 0.296. The van der Waals surface area contributed by atoms with E-state index in [1.54, 1.807) is 66.7 Å². The molecule has 0 bridgehead atoms. The van der Waals surface area contributed by atoms with Crippen LogP contribution in [0.3, 0.4) is 0 Å². The molecule has 1 amide bonds. The number of sulfonamides is 1. The minimum Gasteiger partial charge on any atom is -0.346 e. The highest BCUT2D eigenvalue weighted by Crippen LogP contribution is 2.19. The maximum Gasteiger partial charge on any atom is 0.251 e. The van der Waals surface area contributed by atoms with Crippen molar-refractivity contribution >= 4 is 25.8 Å². The fourth-order valence-corrected chi connectivity index (χ4v) is 6.33. The van der Waals surface area contributed by atoms with Crippen LogP contribution >= 0.6 is 0 Å². The Morgan fingerprint density at radius 2 is 1.41 bits per heavy atom. The lowest BCUT2D eigenvalue weighted by atomic mass is 10.1. The SMILES string of the molecule is C[C@H](NC(=O)c1ccc(CN2CCN(S(=O)(=O)c3ccccc3)CC2)cc1)c1ccc(S(C)(=O)=O)cc1. The Balaban J connectivity index is 1.29. The molecule has 0 spiro atoms. The molecule has 37 heavy (non-hydrogen) atoms. The quantitative estimate of drug-likeness (QED) is 0.470. The lowest BCUT2D eigenvalue weighted by molar-refractivity contribution is 0.0940. The summed E-state index contributed by atoms with van der Waals surface area (Å²) in [5.74, 6) is -0.217. The topological polar surface area (TPSA) is 104 Å². The zero-order valence-corrected chi connectivity index (χ0v) is 22.5. The van der Waals surface area contributed by atoms with E-state index in [1.807, 2.05) is 19.1 Å². The van der Waals surface area contributed by atoms with Crippen LogP contribution in [0.5, 0.6) is 0 Å². The Labute approximate surface area is 218 Å². The number of sulfone groups is 1. The van der Waals surface area contributed by atoms with Crippen LogP contribution in [0.25, 0.3) is 0 Å². The second kappa shape index (κ2) is 11.1. The van der Waals surface area contributed by atoms with E-state index in [2.05, 4.69) is 10.2 Å². The van der Waals surface area contributed by atoms with Crippen LogP contribution in [0.2, 0.25) is 0 Å². The van der Waals surface area contributed by atoms with E-state index in [9.17, 15) is 21.6 Å². The molecule has 1 heterocycles. The molecule has 0 aromatic heterocycles. The number of piperazine rings is 1. The third-order valence-electron chi connectivity index (χ3n) is 6.49. The van der Waals surface area contributed by atoms with Gasteiger partial charge in [-0.25, -0.2) is 16.8 Å². The van der Waals surface area contributed by atoms with Gasteiger partial charge in [-0.2, -0.15) is 4.31 Å². The molecule has 3 aromatic rings. The lowest BCUT2D eigenvalue weighted by Gasteiger charge is -2.34. The zero-order chi connectivity index (χ0) is 26.6. The summed E-state index contributed by atoms with van der Waals surface area (Å²) >= 11 is 0. The number of rotatable bonds is 8. The van der Waals surface area contributed by atoms with E-state index in [4.69, 9.17) is 0 Å². The number of hydrogen-bond donors (Lipinski definition) is 1. The molecular formula is C27H31N3O5S2. The van der Waals surface area contributed by atoms with Gasteiger partial charge in [0.15, 0.2) is 9.84 Å². The van der Waals surface area contributed by atoms with E-state index in [-0.39, 0.29) is 16.8 Å². The number of nitrogens with zero attached hydrogens (tertiary/aromatic N) is 2. The predicted molar refractivity (Wildman–Crippen MR) is 142 cm³/mol. The second-order valence-electron chi connectivity index (χ2n) is 9.23. The first-order chi connectivity index (χ1) is 17.5. The van der Waals surface area contributed by atoms with Crippen LogP contribution in [-0.4, -0.2) is 64.4 Å². The average molecular weight is 542 g/mol. The molecule has 4 rings (SSSR count). The van der Waals surface area contributed by atoms with Crippen molar-refractivity contribution in [1.29, 1.82) is 0 Å². The molecule has 10 heteroatoms. The van der Waals surface area contributed by atoms with Gasteiger partial charge in [-0.05, 0) is 54.4 Å². The average Bonchev–Trinajstić information content (AvgIpc) is 2.89. The summed E-state index contributed by atoms with van der Waals surface area (Å²) < 4.78 is 50.4. The van der Waals surface area contributed by atoms with Gasteiger partial charge in [-0.3, -0.25) is 9.69 Å². The van der Waals surface area contributed by atoms with Crippen molar-refractivity contribution < 1.29 is 21.6 Å². The molecule has 0 radical (unpaired) electrons. The first-order valence-electron chi connectivity index (χ1n) is 12.0. The molecule has 1 aliphatic rings. The molecule has 0 aliphatic carbocycles. The Kier molecular flexibility index (Phi) is 8.13. The van der Waals surface area contributed by atoms with Crippen molar-refractivity contribution in [2.24, 2.45) is 0 Å². The predicted octanol–water partition coefficient (Wildman–Crippen LogP) is 3.09. The number of carbonyl (C=O) groups is 1. The summed E-state index contributed by atoms with van der Waals surface area (Å²) in [4.78, 5) is 15.5. The molecule has 8 nitrogen and oxygen atoms in total. The van der Waals surface area contributed by atoms with Gasteiger partial charge >= 0.3 is 0 Å². The fourth-order valence-electron chi connectivity index (χ4n) is 4.26. The van der Waals surface area contributed by atoms with Gasteiger partial charge in [0.1, 0.15) is 0 Å². The largest absolute Gasteiger partial charge is 0.346 e. The normalized spacial score (nSPS) is 16.3. The number of nitrogens with one attached hydrogen (secondary N) is 1. The Bertz CT molecular complexity index is 1430. The Hall–Kier alpha value is -3.05. The van der Waals surface area contributed by atoms with Crippen molar-refractivity contribution in [3.63, 3.8) is 0 Å². The highest BCUT2D eigenvalue weighted by molar-refractivity contribution is 7.90. The van der Waals surface area contributed by atoms with E-state index >= 15 is 0 Å². The Morgan fingerprint density at radius 3 is 1.97 bits per heavy atom. The van der Waals surface area contributed by atoms with Crippen LogP contribution in [0.1, 0.15) is 34.5 Å². The maximum atomic E-state index is 12.8. The molecule has 3 aromatic carbocycles. The van der Waals surface area contributed by atoms with Crippen LogP contribution in [0, 0.1) is 0 Å². The minimum absolute atomic E-state index is 0.217. The summed E-state index contributed by atoms with van der Waals surface area (Å²) in [7, 11) is -6.74. The van der Waals surface area contributed by atoms with Gasteiger partial charge in [0.25, 0.3) is 5.91 Å². The zero-order valence-electron chi connectivity index (χ0n) is 20.9. The molecule has 1 aliphatic heterocycles. The molecule has 1 saturated heterocycles. The molecule has 1 N–H and O–H groups in total. The van der Waals surface area contributed by atoms with Gasteiger partial charge in [-0.1, -0.05) is 42.5 Å². The summed E-state index contributed by atoms with van der Waals surface area (Å²) in [6.07, 6.45) is 1.16. The van der Waals surface area contributed by atoms with Gasteiger partial charge in [0.2, 0.25) is 10.0 Å². The highest BCUT2D eigenvalue weighted by atomic mass is 32.2. The van der Waals surface area contributed by atoms with E-state index in [1.165, 1.54) is 4.31 Å². The van der Waals surface area contributed by atoms with Crippen molar-refractivity contribution in [2.45, 2.75) is 29.3 Å². The summed E-state index contributed by atoms with van der Waals surface area (Å²) in [6, 6.07) is 22.1. The highest BCUT2D eigenvalue weighted by Gasteiger charge is 2.28. The molecule has 196 valence electrons. The number of benzene rings is 3. The van der Waals surface area contributed by atoms with Crippen molar-refractivity contribution in [2.75, 3.05) is 32.4 Å². The third-order valence-corrected chi connectivity index (χ3v) is 9.53. The molecule has 0 unspecified atom stereocenters. The third kappa shape index (κ3) is 6.64. The first-order valence-corrected chi connectivity index (χ1v) is 15.3. The van der Waals surface area contributed by atoms with Gasteiger partial charge in [-0.15, -0.1) is 0 Å². The van der Waals surface area contributed by atoms with E-state index in [0.717, 1.165) is 17.4 Å². The van der Waals surface area contributed by atoms with E-state index < -0.39 is 19.9 Å². The van der Waals surface area contributed by atoms with Crippen molar-refractivity contribution in [3.8, 4) is 0 Å². The van der Waals surface area contributed by atoms with Crippen molar-refractivity contribution in [3.05, 3.63) is 95.6 Å². The number of hydrogen-bond acceptors (Lipinski definition) is 6. The summed E-state index contributed by atoms with van der Waals surface area (Å²) in [6.45, 7) is 4.64. The Morgan fingerprint density at radius 1 is 0.811 bits per heavy atom. The van der Waals surface area contributed by atoms with Gasteiger partial charge in [0.05, 0.1) is 15.8 Å². The first kappa shape index (κ1) is 27.0. The van der Waals surface area contributed by atoms with E-state index in [0.29, 0.717) is 43.2 Å². The summed E-state index contributed by atoms with van der Waals surface area (Å²) in [5, 5.41) is 2.94. The molecular weight excluding hydrogens is 510 g/mol. The minimum atomic E-state index is -3.48. The van der Waals surface area contributed by atoms with Crippen LogP contribution in [0.4, 0.5) is 0 Å². The second-order valence-corrected chi connectivity index (χ2v) is 13.2. The summed E-state index contributed by atoms with van der Waals surface area (Å²) in [5.41, 5.74) is 2.38. The van der Waals surface area contributed by atoms with Gasteiger partial charge in [0, 0.05) is 44.5 Å². The monoisotopic (exact) mass is 541 g/mol. The maximum absolute atomic E-state index is 12.8. The van der Waals surface area contributed by atoms with Crippen LogP contribution < -0.4 is 5.32 Å². The lowest BCUT2D eigenvalue weighted by Crippen LogP contribution is -2.48. The molecule has 0 saturated carbocycles. The molecule has 1 fully saturated rings. The number of amides is 1. The van der Waals surface area contributed by atoms with Crippen LogP contribution in [0.15, 0.2) is 88.7 Å².